The number of thiocarbonyl (C=S) groups is 1. The Morgan fingerprint density at radius 3 is 2.47 bits per heavy atom. The molecule has 1 saturated heterocycles. The average molecular weight is 273 g/mol. The molecule has 4 nitrogen and oxygen atoms in total. The quantitative estimate of drug-likeness (QED) is 0.809. The zero-order chi connectivity index (χ0) is 14.0. The minimum Gasteiger partial charge on any atom is -0.354 e. The van der Waals surface area contributed by atoms with Crippen molar-refractivity contribution in [1.29, 1.82) is 5.26 Å². The number of nitrogens with zero attached hydrogens (tertiary/aromatic N) is 1. The molecule has 1 amide bonds. The average Bonchev–Trinajstić information content (AvgIpc) is 2.38. The minimum atomic E-state index is -0.767. The number of hydrogen-bond acceptors (Lipinski definition) is 3. The van der Waals surface area contributed by atoms with Gasteiger partial charge in [-0.15, -0.1) is 0 Å². The van der Waals surface area contributed by atoms with Crippen LogP contribution in [-0.4, -0.2) is 11.0 Å². The summed E-state index contributed by atoms with van der Waals surface area (Å²) in [5.41, 5.74) is 2.12. The fourth-order valence-electron chi connectivity index (χ4n) is 2.10. The van der Waals surface area contributed by atoms with Gasteiger partial charge in [0, 0.05) is 0 Å². The first-order chi connectivity index (χ1) is 9.02. The Morgan fingerprint density at radius 1 is 1.32 bits per heavy atom. The number of nitriles is 1. The maximum atomic E-state index is 11.7. The van der Waals surface area contributed by atoms with Crippen LogP contribution in [-0.2, 0) is 4.79 Å². The number of carbonyl (C=O) groups is 1. The molecule has 0 aliphatic carbocycles. The summed E-state index contributed by atoms with van der Waals surface area (Å²) in [7, 11) is 0. The molecule has 0 unspecified atom stereocenters. The first-order valence-corrected chi connectivity index (χ1v) is 6.54. The van der Waals surface area contributed by atoms with Crippen molar-refractivity contribution in [2.45, 2.75) is 25.8 Å². The zero-order valence-corrected chi connectivity index (χ0v) is 11.6. The van der Waals surface area contributed by atoms with Crippen molar-refractivity contribution in [3.8, 4) is 6.07 Å². The van der Waals surface area contributed by atoms with Crippen LogP contribution in [0.2, 0.25) is 0 Å². The first-order valence-electron chi connectivity index (χ1n) is 6.13. The maximum absolute atomic E-state index is 11.7. The Balaban J connectivity index is 2.30. The molecule has 0 radical (unpaired) electrons. The molecule has 1 aromatic carbocycles. The minimum absolute atomic E-state index is 0.273. The molecule has 1 aliphatic heterocycles. The molecule has 0 spiro atoms. The molecule has 98 valence electrons. The zero-order valence-electron chi connectivity index (χ0n) is 10.8. The Labute approximate surface area is 117 Å². The van der Waals surface area contributed by atoms with Gasteiger partial charge in [-0.05, 0) is 29.3 Å². The van der Waals surface area contributed by atoms with Crippen LogP contribution in [0.25, 0.3) is 0 Å². The lowest BCUT2D eigenvalue weighted by Crippen LogP contribution is -2.53. The number of amides is 1. The molecule has 5 heteroatoms. The monoisotopic (exact) mass is 273 g/mol. The van der Waals surface area contributed by atoms with Gasteiger partial charge < -0.3 is 10.6 Å². The van der Waals surface area contributed by atoms with Crippen molar-refractivity contribution < 1.29 is 4.79 Å². The number of rotatable bonds is 2. The van der Waals surface area contributed by atoms with Crippen LogP contribution >= 0.6 is 12.2 Å². The highest BCUT2D eigenvalue weighted by molar-refractivity contribution is 7.80. The lowest BCUT2D eigenvalue weighted by molar-refractivity contribution is -0.123. The topological polar surface area (TPSA) is 64.9 Å². The van der Waals surface area contributed by atoms with Crippen LogP contribution in [0.5, 0.6) is 0 Å². The molecule has 1 aliphatic rings. The van der Waals surface area contributed by atoms with Crippen LogP contribution in [0.4, 0.5) is 0 Å². The van der Waals surface area contributed by atoms with E-state index in [1.54, 1.807) is 0 Å². The molecule has 2 rings (SSSR count). The number of benzene rings is 1. The SMILES string of the molecule is CC(C)c1ccc([C@@H]2NC(=S)NC(=O)[C@@H]2C#N)cc1. The Morgan fingerprint density at radius 2 is 1.95 bits per heavy atom. The maximum Gasteiger partial charge on any atom is 0.245 e. The van der Waals surface area contributed by atoms with E-state index in [0.717, 1.165) is 5.56 Å². The van der Waals surface area contributed by atoms with Gasteiger partial charge in [0.25, 0.3) is 0 Å². The van der Waals surface area contributed by atoms with E-state index in [2.05, 4.69) is 24.5 Å². The Kier molecular flexibility index (Phi) is 3.82. The van der Waals surface area contributed by atoms with Crippen molar-refractivity contribution in [3.63, 3.8) is 0 Å². The van der Waals surface area contributed by atoms with Crippen molar-refractivity contribution in [2.24, 2.45) is 5.92 Å². The summed E-state index contributed by atoms with van der Waals surface area (Å²) in [4.78, 5) is 11.7. The van der Waals surface area contributed by atoms with Crippen LogP contribution in [0.3, 0.4) is 0 Å². The van der Waals surface area contributed by atoms with Crippen molar-refractivity contribution in [2.75, 3.05) is 0 Å². The van der Waals surface area contributed by atoms with E-state index in [0.29, 0.717) is 5.92 Å². The molecular formula is C14H15N3OS. The van der Waals surface area contributed by atoms with Crippen molar-refractivity contribution in [1.82, 2.24) is 10.6 Å². The second-order valence-corrected chi connectivity index (χ2v) is 5.28. The highest BCUT2D eigenvalue weighted by Crippen LogP contribution is 2.26. The Bertz CT molecular complexity index is 545. The molecule has 19 heavy (non-hydrogen) atoms. The summed E-state index contributed by atoms with van der Waals surface area (Å²) in [5.74, 6) is -0.662. The van der Waals surface area contributed by atoms with Crippen molar-refractivity contribution in [3.05, 3.63) is 35.4 Å². The van der Waals surface area contributed by atoms with E-state index in [4.69, 9.17) is 17.5 Å². The summed E-state index contributed by atoms with van der Waals surface area (Å²) in [6.45, 7) is 4.24. The number of carbonyl (C=O) groups excluding carboxylic acids is 1. The fourth-order valence-corrected chi connectivity index (χ4v) is 2.33. The van der Waals surface area contributed by atoms with Gasteiger partial charge in [0.15, 0.2) is 5.11 Å². The predicted octanol–water partition coefficient (Wildman–Crippen LogP) is 2.00. The van der Waals surface area contributed by atoms with E-state index in [1.165, 1.54) is 5.56 Å². The highest BCUT2D eigenvalue weighted by atomic mass is 32.1. The standard InChI is InChI=1S/C14H15N3OS/c1-8(2)9-3-5-10(6-4-9)12-11(7-15)13(18)17-14(19)16-12/h3-6,8,11-12H,1-2H3,(H2,16,17,18,19)/t11-,12+/m1/s1. The van der Waals surface area contributed by atoms with E-state index >= 15 is 0 Å². The van der Waals surface area contributed by atoms with E-state index in [9.17, 15) is 4.79 Å². The van der Waals surface area contributed by atoms with E-state index in [1.807, 2.05) is 30.3 Å². The van der Waals surface area contributed by atoms with Gasteiger partial charge in [-0.25, -0.2) is 0 Å². The van der Waals surface area contributed by atoms with E-state index < -0.39 is 5.92 Å². The summed E-state index contributed by atoms with van der Waals surface area (Å²) >= 11 is 4.98. The van der Waals surface area contributed by atoms with Crippen LogP contribution in [0.1, 0.15) is 36.9 Å². The van der Waals surface area contributed by atoms with Crippen LogP contribution < -0.4 is 10.6 Å². The summed E-state index contributed by atoms with van der Waals surface area (Å²) in [6.07, 6.45) is 0. The molecule has 0 bridgehead atoms. The molecular weight excluding hydrogens is 258 g/mol. The summed E-state index contributed by atoms with van der Waals surface area (Å²) in [5, 5.41) is 14.9. The molecule has 0 saturated carbocycles. The second kappa shape index (κ2) is 5.37. The second-order valence-electron chi connectivity index (χ2n) is 4.87. The molecule has 2 N–H and O–H groups in total. The third kappa shape index (κ3) is 2.74. The van der Waals surface area contributed by atoms with Gasteiger partial charge in [0.05, 0.1) is 12.1 Å². The van der Waals surface area contributed by atoms with Gasteiger partial charge in [-0.1, -0.05) is 38.1 Å². The molecule has 0 aromatic heterocycles. The molecule has 1 fully saturated rings. The molecule has 1 aromatic rings. The third-order valence-electron chi connectivity index (χ3n) is 3.24. The van der Waals surface area contributed by atoms with Gasteiger partial charge in [-0.2, -0.15) is 5.26 Å². The van der Waals surface area contributed by atoms with E-state index in [-0.39, 0.29) is 17.1 Å². The van der Waals surface area contributed by atoms with Gasteiger partial charge in [0.2, 0.25) is 5.91 Å². The van der Waals surface area contributed by atoms with Crippen LogP contribution in [0, 0.1) is 17.2 Å². The van der Waals surface area contributed by atoms with Crippen LogP contribution in [0.15, 0.2) is 24.3 Å². The first kappa shape index (κ1) is 13.5. The van der Waals surface area contributed by atoms with Crippen molar-refractivity contribution >= 4 is 23.2 Å². The highest BCUT2D eigenvalue weighted by Gasteiger charge is 2.34. The lowest BCUT2D eigenvalue weighted by atomic mass is 9.90. The largest absolute Gasteiger partial charge is 0.354 e. The van der Waals surface area contributed by atoms with Gasteiger partial charge >= 0.3 is 0 Å². The Hall–Kier alpha value is -1.93. The number of nitrogens with one attached hydrogen (secondary N) is 2. The number of hydrogen-bond donors (Lipinski definition) is 2. The smallest absolute Gasteiger partial charge is 0.245 e. The molecule has 1 heterocycles. The fraction of sp³-hybridized carbons (Fsp3) is 0.357. The lowest BCUT2D eigenvalue weighted by Gasteiger charge is -2.29. The molecule has 2 atom stereocenters. The summed E-state index contributed by atoms with van der Waals surface area (Å²) in [6, 6.07) is 9.57. The normalized spacial score (nSPS) is 22.6. The third-order valence-corrected chi connectivity index (χ3v) is 3.46. The van der Waals surface area contributed by atoms with Gasteiger partial charge in [0.1, 0.15) is 5.92 Å². The van der Waals surface area contributed by atoms with Gasteiger partial charge in [-0.3, -0.25) is 4.79 Å². The summed E-state index contributed by atoms with van der Waals surface area (Å²) < 4.78 is 0. The predicted molar refractivity (Wildman–Crippen MR) is 76.3 cm³/mol.